The molecular weight excluding hydrogens is 192 g/mol. The van der Waals surface area contributed by atoms with Crippen LogP contribution in [0.25, 0.3) is 10.8 Å². The van der Waals surface area contributed by atoms with Gasteiger partial charge < -0.3 is 15.5 Å². The number of hydrogen-bond donors (Lipinski definition) is 3. The molecule has 0 radical (unpaired) electrons. The summed E-state index contributed by atoms with van der Waals surface area (Å²) in [5.41, 5.74) is 0. The van der Waals surface area contributed by atoms with Gasteiger partial charge in [-0.1, -0.05) is 6.07 Å². The molecule has 0 aliphatic carbocycles. The average molecular weight is 204 g/mol. The first kappa shape index (κ1) is 9.73. The molecule has 0 aliphatic heterocycles. The number of phenolic OH excluding ortho intramolecular Hbond substituents is 1. The van der Waals surface area contributed by atoms with Crippen molar-refractivity contribution >= 4 is 16.6 Å². The Morgan fingerprint density at radius 3 is 2.93 bits per heavy atom. The van der Waals surface area contributed by atoms with Gasteiger partial charge in [-0.3, -0.25) is 0 Å². The highest BCUT2D eigenvalue weighted by atomic mass is 16.3. The van der Waals surface area contributed by atoms with E-state index in [2.05, 4.69) is 10.3 Å². The highest BCUT2D eigenvalue weighted by Gasteiger charge is 2.02. The van der Waals surface area contributed by atoms with Crippen molar-refractivity contribution in [1.82, 2.24) is 4.98 Å². The summed E-state index contributed by atoms with van der Waals surface area (Å²) in [7, 11) is 0. The molecule has 0 aliphatic rings. The molecule has 2 aromatic rings. The fraction of sp³-hybridized carbons (Fsp3) is 0.182. The van der Waals surface area contributed by atoms with Gasteiger partial charge in [0.15, 0.2) is 0 Å². The van der Waals surface area contributed by atoms with Crippen LogP contribution in [0.1, 0.15) is 0 Å². The number of aliphatic hydroxyl groups excluding tert-OH is 1. The molecule has 1 heterocycles. The first-order valence-corrected chi connectivity index (χ1v) is 4.74. The molecule has 3 N–H and O–H groups in total. The maximum Gasteiger partial charge on any atom is 0.134 e. The topological polar surface area (TPSA) is 65.4 Å². The average Bonchev–Trinajstić information content (AvgIpc) is 2.26. The van der Waals surface area contributed by atoms with Gasteiger partial charge in [0.25, 0.3) is 0 Å². The van der Waals surface area contributed by atoms with Gasteiger partial charge in [0.05, 0.1) is 6.61 Å². The lowest BCUT2D eigenvalue weighted by molar-refractivity contribution is 0.311. The van der Waals surface area contributed by atoms with Gasteiger partial charge in [-0.2, -0.15) is 0 Å². The molecule has 1 aromatic heterocycles. The summed E-state index contributed by atoms with van der Waals surface area (Å²) in [6.45, 7) is 0.499. The summed E-state index contributed by atoms with van der Waals surface area (Å²) < 4.78 is 0. The summed E-state index contributed by atoms with van der Waals surface area (Å²) in [6, 6.07) is 7.00. The number of hydrogen-bond acceptors (Lipinski definition) is 4. The number of nitrogens with one attached hydrogen (secondary N) is 1. The van der Waals surface area contributed by atoms with Crippen molar-refractivity contribution in [2.45, 2.75) is 0 Å². The van der Waals surface area contributed by atoms with E-state index in [-0.39, 0.29) is 12.4 Å². The summed E-state index contributed by atoms with van der Waals surface area (Å²) in [5, 5.41) is 22.9. The molecule has 0 saturated carbocycles. The quantitative estimate of drug-likeness (QED) is 0.706. The highest BCUT2D eigenvalue weighted by molar-refractivity contribution is 5.92. The van der Waals surface area contributed by atoms with Gasteiger partial charge in [-0.05, 0) is 23.6 Å². The third kappa shape index (κ3) is 1.99. The summed E-state index contributed by atoms with van der Waals surface area (Å²) in [5.74, 6) is 0.889. The molecule has 1 aromatic carbocycles. The van der Waals surface area contributed by atoms with Crippen LogP contribution < -0.4 is 5.32 Å². The maximum atomic E-state index is 9.38. The molecule has 0 amide bonds. The zero-order valence-corrected chi connectivity index (χ0v) is 8.14. The predicted octanol–water partition coefficient (Wildman–Crippen LogP) is 1.34. The molecule has 15 heavy (non-hydrogen) atoms. The van der Waals surface area contributed by atoms with E-state index >= 15 is 0 Å². The van der Waals surface area contributed by atoms with E-state index in [0.29, 0.717) is 12.4 Å². The Morgan fingerprint density at radius 1 is 1.27 bits per heavy atom. The summed E-state index contributed by atoms with van der Waals surface area (Å²) in [4.78, 5) is 4.15. The Morgan fingerprint density at radius 2 is 2.13 bits per heavy atom. The lowest BCUT2D eigenvalue weighted by Gasteiger charge is -2.07. The number of benzene rings is 1. The van der Waals surface area contributed by atoms with Gasteiger partial charge in [0.2, 0.25) is 0 Å². The van der Waals surface area contributed by atoms with Crippen LogP contribution >= 0.6 is 0 Å². The zero-order chi connectivity index (χ0) is 10.7. The Kier molecular flexibility index (Phi) is 2.69. The van der Waals surface area contributed by atoms with Crippen LogP contribution in [0, 0.1) is 0 Å². The summed E-state index contributed by atoms with van der Waals surface area (Å²) in [6.07, 6.45) is 1.69. The summed E-state index contributed by atoms with van der Waals surface area (Å²) >= 11 is 0. The van der Waals surface area contributed by atoms with Crippen molar-refractivity contribution < 1.29 is 10.2 Å². The van der Waals surface area contributed by atoms with Crippen molar-refractivity contribution in [1.29, 1.82) is 0 Å². The van der Waals surface area contributed by atoms with E-state index in [0.717, 1.165) is 10.8 Å². The molecule has 78 valence electrons. The van der Waals surface area contributed by atoms with E-state index in [1.807, 2.05) is 12.1 Å². The van der Waals surface area contributed by atoms with Crippen LogP contribution in [0.15, 0.2) is 30.5 Å². The minimum absolute atomic E-state index is 0.0525. The molecule has 4 nitrogen and oxygen atoms in total. The van der Waals surface area contributed by atoms with Crippen LogP contribution in [-0.4, -0.2) is 28.3 Å². The zero-order valence-electron chi connectivity index (χ0n) is 8.14. The first-order valence-electron chi connectivity index (χ1n) is 4.74. The smallest absolute Gasteiger partial charge is 0.134 e. The third-order valence-corrected chi connectivity index (χ3v) is 2.15. The standard InChI is InChI=1S/C11H12N2O2/c14-6-5-13-11-10-7-9(15)2-1-8(10)3-4-12-11/h1-4,7,14-15H,5-6H2,(H,12,13). The monoisotopic (exact) mass is 204 g/mol. The molecular formula is C11H12N2O2. The number of aromatic nitrogens is 1. The number of aliphatic hydroxyl groups is 1. The van der Waals surface area contributed by atoms with E-state index in [1.165, 1.54) is 0 Å². The molecule has 0 bridgehead atoms. The fourth-order valence-corrected chi connectivity index (χ4v) is 1.47. The molecule has 0 fully saturated rings. The minimum atomic E-state index is 0.0525. The number of nitrogens with zero attached hydrogens (tertiary/aromatic N) is 1. The molecule has 0 spiro atoms. The van der Waals surface area contributed by atoms with Crippen molar-refractivity contribution in [3.63, 3.8) is 0 Å². The van der Waals surface area contributed by atoms with Crippen LogP contribution in [0.3, 0.4) is 0 Å². The third-order valence-electron chi connectivity index (χ3n) is 2.15. The van der Waals surface area contributed by atoms with Crippen LogP contribution in [0.2, 0.25) is 0 Å². The minimum Gasteiger partial charge on any atom is -0.508 e. The van der Waals surface area contributed by atoms with Gasteiger partial charge in [0, 0.05) is 18.1 Å². The SMILES string of the molecule is OCCNc1nccc2ccc(O)cc12. The molecule has 0 unspecified atom stereocenters. The Balaban J connectivity index is 2.48. The van der Waals surface area contributed by atoms with Crippen molar-refractivity contribution in [3.8, 4) is 5.75 Å². The maximum absolute atomic E-state index is 9.38. The van der Waals surface area contributed by atoms with Crippen molar-refractivity contribution in [2.24, 2.45) is 0 Å². The molecule has 0 atom stereocenters. The number of phenols is 1. The number of fused-ring (bicyclic) bond motifs is 1. The number of aromatic hydroxyl groups is 1. The number of pyridine rings is 1. The normalized spacial score (nSPS) is 10.5. The molecule has 0 saturated heterocycles. The Hall–Kier alpha value is -1.81. The van der Waals surface area contributed by atoms with Gasteiger partial charge in [0.1, 0.15) is 11.6 Å². The van der Waals surface area contributed by atoms with E-state index in [9.17, 15) is 5.11 Å². The number of anilines is 1. The van der Waals surface area contributed by atoms with Crippen LogP contribution in [-0.2, 0) is 0 Å². The molecule has 4 heteroatoms. The largest absolute Gasteiger partial charge is 0.508 e. The van der Waals surface area contributed by atoms with Crippen LogP contribution in [0.5, 0.6) is 5.75 Å². The lowest BCUT2D eigenvalue weighted by Crippen LogP contribution is -2.07. The Bertz CT molecular complexity index is 471. The second-order valence-electron chi connectivity index (χ2n) is 3.22. The lowest BCUT2D eigenvalue weighted by atomic mass is 10.1. The highest BCUT2D eigenvalue weighted by Crippen LogP contribution is 2.24. The van der Waals surface area contributed by atoms with Crippen LogP contribution in [0.4, 0.5) is 5.82 Å². The van der Waals surface area contributed by atoms with Crippen molar-refractivity contribution in [2.75, 3.05) is 18.5 Å². The van der Waals surface area contributed by atoms with E-state index in [4.69, 9.17) is 5.11 Å². The second-order valence-corrected chi connectivity index (χ2v) is 3.22. The Labute approximate surface area is 87.2 Å². The van der Waals surface area contributed by atoms with Crippen molar-refractivity contribution in [3.05, 3.63) is 30.5 Å². The molecule has 2 rings (SSSR count). The predicted molar refractivity (Wildman–Crippen MR) is 59.0 cm³/mol. The van der Waals surface area contributed by atoms with Gasteiger partial charge in [-0.15, -0.1) is 0 Å². The first-order chi connectivity index (χ1) is 7.31. The van der Waals surface area contributed by atoms with Gasteiger partial charge in [-0.25, -0.2) is 4.98 Å². The van der Waals surface area contributed by atoms with Gasteiger partial charge >= 0.3 is 0 Å². The fourth-order valence-electron chi connectivity index (χ4n) is 1.47. The van der Waals surface area contributed by atoms with E-state index in [1.54, 1.807) is 18.3 Å². The second kappa shape index (κ2) is 4.14. The number of rotatable bonds is 3. The van der Waals surface area contributed by atoms with E-state index < -0.39 is 0 Å².